The average Bonchev–Trinajstić information content (AvgIpc) is 3.50. The molecule has 0 unspecified atom stereocenters. The van der Waals surface area contributed by atoms with Crippen LogP contribution in [0.2, 0.25) is 0 Å². The molecule has 0 atom stereocenters. The molecule has 1 aliphatic rings. The predicted octanol–water partition coefficient (Wildman–Crippen LogP) is 4.05. The molecule has 26 heavy (non-hydrogen) atoms. The van der Waals surface area contributed by atoms with Crippen LogP contribution in [0.3, 0.4) is 0 Å². The Morgan fingerprint density at radius 3 is 2.46 bits per heavy atom. The molecule has 0 aliphatic heterocycles. The second-order valence-corrected chi connectivity index (χ2v) is 6.27. The van der Waals surface area contributed by atoms with Crippen LogP contribution >= 0.6 is 0 Å². The van der Waals surface area contributed by atoms with Crippen LogP contribution in [0.25, 0.3) is 6.08 Å². The number of hydrogen-bond donors (Lipinski definition) is 0. The maximum absolute atomic E-state index is 13.8. The van der Waals surface area contributed by atoms with Crippen molar-refractivity contribution in [2.45, 2.75) is 25.4 Å². The van der Waals surface area contributed by atoms with Gasteiger partial charge in [0.2, 0.25) is 5.91 Å². The first-order valence-electron chi connectivity index (χ1n) is 8.56. The van der Waals surface area contributed by atoms with E-state index in [0.717, 1.165) is 24.2 Å². The molecule has 0 aromatic heterocycles. The Bertz CT molecular complexity index is 797. The molecule has 0 heterocycles. The fourth-order valence-electron chi connectivity index (χ4n) is 2.75. The van der Waals surface area contributed by atoms with Crippen molar-refractivity contribution < 1.29 is 18.7 Å². The van der Waals surface area contributed by atoms with Gasteiger partial charge in [-0.05, 0) is 54.3 Å². The van der Waals surface area contributed by atoms with E-state index in [1.54, 1.807) is 25.3 Å². The summed E-state index contributed by atoms with van der Waals surface area (Å²) < 4.78 is 23.8. The van der Waals surface area contributed by atoms with Gasteiger partial charge in [-0.1, -0.05) is 18.2 Å². The number of benzene rings is 2. The minimum atomic E-state index is -0.445. The molecule has 0 radical (unpaired) electrons. The van der Waals surface area contributed by atoms with Crippen molar-refractivity contribution >= 4 is 12.0 Å². The Labute approximate surface area is 152 Å². The molecule has 0 spiro atoms. The predicted molar refractivity (Wildman–Crippen MR) is 98.6 cm³/mol. The van der Waals surface area contributed by atoms with Crippen LogP contribution in [-0.2, 0) is 11.3 Å². The van der Waals surface area contributed by atoms with E-state index in [1.165, 1.54) is 19.3 Å². The normalized spacial score (nSPS) is 13.7. The number of hydrogen-bond acceptors (Lipinski definition) is 3. The molecular formula is C21H22FNO3. The van der Waals surface area contributed by atoms with Gasteiger partial charge in [0.25, 0.3) is 0 Å². The summed E-state index contributed by atoms with van der Waals surface area (Å²) in [6.07, 6.45) is 5.18. The molecule has 136 valence electrons. The smallest absolute Gasteiger partial charge is 0.247 e. The number of rotatable bonds is 7. The molecule has 2 aromatic carbocycles. The van der Waals surface area contributed by atoms with Crippen molar-refractivity contribution in [2.24, 2.45) is 0 Å². The summed E-state index contributed by atoms with van der Waals surface area (Å²) in [5, 5.41) is 0. The highest BCUT2D eigenvalue weighted by Crippen LogP contribution is 2.29. The molecule has 1 fully saturated rings. The van der Waals surface area contributed by atoms with E-state index in [4.69, 9.17) is 9.47 Å². The monoisotopic (exact) mass is 355 g/mol. The van der Waals surface area contributed by atoms with Crippen LogP contribution in [0.5, 0.6) is 11.5 Å². The van der Waals surface area contributed by atoms with Gasteiger partial charge in [-0.3, -0.25) is 4.79 Å². The van der Waals surface area contributed by atoms with E-state index in [9.17, 15) is 9.18 Å². The Balaban J connectivity index is 1.69. The lowest BCUT2D eigenvalue weighted by Gasteiger charge is -2.21. The van der Waals surface area contributed by atoms with Gasteiger partial charge in [-0.15, -0.1) is 0 Å². The van der Waals surface area contributed by atoms with E-state index in [0.29, 0.717) is 12.1 Å². The number of halogens is 1. The second-order valence-electron chi connectivity index (χ2n) is 6.27. The summed E-state index contributed by atoms with van der Waals surface area (Å²) in [6.45, 7) is 0.550. The third-order valence-corrected chi connectivity index (χ3v) is 4.38. The van der Waals surface area contributed by atoms with E-state index in [1.807, 2.05) is 29.2 Å². The van der Waals surface area contributed by atoms with E-state index >= 15 is 0 Å². The van der Waals surface area contributed by atoms with Gasteiger partial charge in [0, 0.05) is 18.7 Å². The van der Waals surface area contributed by atoms with Crippen LogP contribution < -0.4 is 9.47 Å². The molecule has 2 aromatic rings. The summed E-state index contributed by atoms with van der Waals surface area (Å²) in [5.74, 6) is 0.464. The number of carbonyl (C=O) groups is 1. The van der Waals surface area contributed by atoms with E-state index < -0.39 is 5.82 Å². The van der Waals surface area contributed by atoms with Crippen molar-refractivity contribution in [1.29, 1.82) is 0 Å². The Morgan fingerprint density at radius 1 is 1.15 bits per heavy atom. The topological polar surface area (TPSA) is 38.8 Å². The summed E-state index contributed by atoms with van der Waals surface area (Å²) in [5.41, 5.74) is 1.67. The zero-order valence-electron chi connectivity index (χ0n) is 14.9. The van der Waals surface area contributed by atoms with Crippen molar-refractivity contribution in [3.05, 3.63) is 65.5 Å². The molecular weight excluding hydrogens is 333 g/mol. The van der Waals surface area contributed by atoms with Gasteiger partial charge in [-0.2, -0.15) is 0 Å². The lowest BCUT2D eigenvalue weighted by Crippen LogP contribution is -2.31. The molecule has 1 amide bonds. The summed E-state index contributed by atoms with van der Waals surface area (Å²) in [4.78, 5) is 14.5. The van der Waals surface area contributed by atoms with Crippen LogP contribution in [0.4, 0.5) is 4.39 Å². The SMILES string of the molecule is COc1ccc(CN(C(=O)/C=C/c2ccc(OC)c(F)c2)C2CC2)cc1. The van der Waals surface area contributed by atoms with Crippen LogP contribution in [0.15, 0.2) is 48.5 Å². The second kappa shape index (κ2) is 8.04. The first-order chi connectivity index (χ1) is 12.6. The third kappa shape index (κ3) is 4.42. The number of amides is 1. The Morgan fingerprint density at radius 2 is 1.88 bits per heavy atom. The minimum Gasteiger partial charge on any atom is -0.497 e. The quantitative estimate of drug-likeness (QED) is 0.704. The van der Waals surface area contributed by atoms with Crippen molar-refractivity contribution in [3.8, 4) is 11.5 Å². The first-order valence-corrected chi connectivity index (χ1v) is 8.56. The fourth-order valence-corrected chi connectivity index (χ4v) is 2.75. The van der Waals surface area contributed by atoms with Crippen molar-refractivity contribution in [3.63, 3.8) is 0 Å². The van der Waals surface area contributed by atoms with Crippen LogP contribution in [-0.4, -0.2) is 31.1 Å². The van der Waals surface area contributed by atoms with Gasteiger partial charge in [0.05, 0.1) is 14.2 Å². The van der Waals surface area contributed by atoms with Gasteiger partial charge in [0.1, 0.15) is 5.75 Å². The zero-order valence-corrected chi connectivity index (χ0v) is 14.9. The Kier molecular flexibility index (Phi) is 5.56. The number of ether oxygens (including phenoxy) is 2. The molecule has 0 saturated heterocycles. The van der Waals surface area contributed by atoms with Crippen molar-refractivity contribution in [2.75, 3.05) is 14.2 Å². The molecule has 5 heteroatoms. The van der Waals surface area contributed by atoms with E-state index in [-0.39, 0.29) is 17.7 Å². The lowest BCUT2D eigenvalue weighted by atomic mass is 10.1. The third-order valence-electron chi connectivity index (χ3n) is 4.38. The first kappa shape index (κ1) is 18.0. The van der Waals surface area contributed by atoms with Crippen molar-refractivity contribution in [1.82, 2.24) is 4.90 Å². The van der Waals surface area contributed by atoms with Gasteiger partial charge >= 0.3 is 0 Å². The standard InChI is InChI=1S/C21H22FNO3/c1-25-18-9-3-16(4-10-18)14-23(17-7-8-17)21(24)12-6-15-5-11-20(26-2)19(22)13-15/h3-6,9-13,17H,7-8,14H2,1-2H3/b12-6+. The maximum atomic E-state index is 13.8. The average molecular weight is 355 g/mol. The summed E-state index contributed by atoms with van der Waals surface area (Å²) in [7, 11) is 3.05. The van der Waals surface area contributed by atoms with Crippen LogP contribution in [0.1, 0.15) is 24.0 Å². The van der Waals surface area contributed by atoms with E-state index in [2.05, 4.69) is 0 Å². The van der Waals surface area contributed by atoms with Gasteiger partial charge < -0.3 is 14.4 Å². The number of methoxy groups -OCH3 is 2. The Hall–Kier alpha value is -2.82. The molecule has 0 N–H and O–H groups in total. The number of carbonyl (C=O) groups excluding carboxylic acids is 1. The van der Waals surface area contributed by atoms with Crippen LogP contribution in [0, 0.1) is 5.82 Å². The minimum absolute atomic E-state index is 0.0699. The molecule has 1 aliphatic carbocycles. The largest absolute Gasteiger partial charge is 0.497 e. The lowest BCUT2D eigenvalue weighted by molar-refractivity contribution is -0.127. The number of nitrogens with zero attached hydrogens (tertiary/aromatic N) is 1. The molecule has 1 saturated carbocycles. The highest BCUT2D eigenvalue weighted by molar-refractivity contribution is 5.92. The summed E-state index contributed by atoms with van der Waals surface area (Å²) >= 11 is 0. The highest BCUT2D eigenvalue weighted by Gasteiger charge is 2.31. The fraction of sp³-hybridized carbons (Fsp3) is 0.286. The summed E-state index contributed by atoms with van der Waals surface area (Å²) in [6, 6.07) is 12.6. The maximum Gasteiger partial charge on any atom is 0.247 e. The molecule has 0 bridgehead atoms. The highest BCUT2D eigenvalue weighted by atomic mass is 19.1. The molecule has 4 nitrogen and oxygen atoms in total. The van der Waals surface area contributed by atoms with Gasteiger partial charge in [0.15, 0.2) is 11.6 Å². The molecule has 3 rings (SSSR count). The zero-order chi connectivity index (χ0) is 18.5. The van der Waals surface area contributed by atoms with Gasteiger partial charge in [-0.25, -0.2) is 4.39 Å².